The van der Waals surface area contributed by atoms with Crippen molar-refractivity contribution in [1.29, 1.82) is 0 Å². The van der Waals surface area contributed by atoms with Crippen molar-refractivity contribution in [2.75, 3.05) is 18.0 Å². The van der Waals surface area contributed by atoms with Crippen LogP contribution in [0.15, 0.2) is 36.4 Å². The van der Waals surface area contributed by atoms with Gasteiger partial charge in [0.1, 0.15) is 3.70 Å². The largest absolute Gasteiger partial charge is 0.339 e. The van der Waals surface area contributed by atoms with Crippen LogP contribution in [0, 0.1) is 22.5 Å². The maximum Gasteiger partial charge on any atom is 0.235 e. The first kappa shape index (κ1) is 16.4. The van der Waals surface area contributed by atoms with Crippen LogP contribution in [0.5, 0.6) is 0 Å². The Balaban J connectivity index is 1.52. The summed E-state index contributed by atoms with van der Waals surface area (Å²) in [6.07, 6.45) is 0. The zero-order valence-corrected chi connectivity index (χ0v) is 15.9. The second kappa shape index (κ2) is 6.36. The molecular weight excluding hydrogens is 431 g/mol. The van der Waals surface area contributed by atoms with E-state index in [0.29, 0.717) is 25.6 Å². The standard InChI is InChI=1S/C18H17IN4O2/c1-11-7-15(19)21-18(20-11)22-9-13-14(10-22)17(25)23(16(13)24)8-12-5-3-2-4-6-12/h2-7,13-14H,8-10H2,1H3/t13-,14+. The number of carbonyl (C=O) groups excluding carboxylic acids is 2. The number of aryl methyl sites for hydroxylation is 1. The van der Waals surface area contributed by atoms with Crippen molar-refractivity contribution >= 4 is 40.4 Å². The zero-order chi connectivity index (χ0) is 17.6. The minimum Gasteiger partial charge on any atom is -0.339 e. The lowest BCUT2D eigenvalue weighted by atomic mass is 10.00. The maximum atomic E-state index is 12.7. The molecule has 4 rings (SSSR count). The molecule has 2 fully saturated rings. The molecule has 2 saturated heterocycles. The molecule has 0 saturated carbocycles. The van der Waals surface area contributed by atoms with Gasteiger partial charge >= 0.3 is 0 Å². The zero-order valence-electron chi connectivity index (χ0n) is 13.7. The molecule has 6 nitrogen and oxygen atoms in total. The van der Waals surface area contributed by atoms with Gasteiger partial charge in [0.2, 0.25) is 17.8 Å². The molecule has 0 aliphatic carbocycles. The second-order valence-corrected chi connectivity index (χ2v) is 7.60. The van der Waals surface area contributed by atoms with E-state index >= 15 is 0 Å². The number of likely N-dealkylation sites (tertiary alicyclic amines) is 1. The van der Waals surface area contributed by atoms with E-state index in [1.807, 2.05) is 48.2 Å². The minimum absolute atomic E-state index is 0.0799. The van der Waals surface area contributed by atoms with Crippen molar-refractivity contribution in [2.24, 2.45) is 11.8 Å². The maximum absolute atomic E-state index is 12.7. The smallest absolute Gasteiger partial charge is 0.235 e. The Morgan fingerprint density at radius 3 is 2.32 bits per heavy atom. The van der Waals surface area contributed by atoms with E-state index in [0.717, 1.165) is 15.0 Å². The molecule has 2 amide bonds. The minimum atomic E-state index is -0.294. The third-order valence-electron chi connectivity index (χ3n) is 4.76. The van der Waals surface area contributed by atoms with E-state index in [9.17, 15) is 9.59 Å². The molecule has 2 aliphatic rings. The number of hydrogen-bond donors (Lipinski definition) is 0. The van der Waals surface area contributed by atoms with Gasteiger partial charge in [0, 0.05) is 18.8 Å². The average molecular weight is 448 g/mol. The van der Waals surface area contributed by atoms with Gasteiger partial charge in [0.15, 0.2) is 0 Å². The fourth-order valence-corrected chi connectivity index (χ4v) is 4.22. The van der Waals surface area contributed by atoms with Gasteiger partial charge in [-0.05, 0) is 41.1 Å². The number of aromatic nitrogens is 2. The van der Waals surface area contributed by atoms with Gasteiger partial charge in [-0.15, -0.1) is 0 Å². The monoisotopic (exact) mass is 448 g/mol. The van der Waals surface area contributed by atoms with Crippen LogP contribution in [-0.4, -0.2) is 39.8 Å². The number of fused-ring (bicyclic) bond motifs is 1. The molecule has 1 aromatic carbocycles. The number of amides is 2. The molecule has 25 heavy (non-hydrogen) atoms. The molecule has 0 unspecified atom stereocenters. The van der Waals surface area contributed by atoms with Gasteiger partial charge in [-0.1, -0.05) is 30.3 Å². The van der Waals surface area contributed by atoms with Crippen LogP contribution in [-0.2, 0) is 16.1 Å². The van der Waals surface area contributed by atoms with Crippen LogP contribution in [0.2, 0.25) is 0 Å². The summed E-state index contributed by atoms with van der Waals surface area (Å²) in [5, 5.41) is 0. The predicted molar refractivity (Wildman–Crippen MR) is 101 cm³/mol. The number of nitrogens with zero attached hydrogens (tertiary/aromatic N) is 4. The lowest BCUT2D eigenvalue weighted by molar-refractivity contribution is -0.140. The number of benzene rings is 1. The van der Waals surface area contributed by atoms with Gasteiger partial charge < -0.3 is 4.90 Å². The first-order valence-electron chi connectivity index (χ1n) is 8.18. The molecular formula is C18H17IN4O2. The average Bonchev–Trinajstić information content (AvgIpc) is 3.11. The SMILES string of the molecule is Cc1cc(I)nc(N2C[C@@H]3C(=O)N(Cc4ccccc4)C(=O)[C@@H]3C2)n1. The highest BCUT2D eigenvalue weighted by molar-refractivity contribution is 14.1. The van der Waals surface area contributed by atoms with Crippen LogP contribution in [0.1, 0.15) is 11.3 Å². The number of rotatable bonds is 3. The highest BCUT2D eigenvalue weighted by Crippen LogP contribution is 2.35. The fourth-order valence-electron chi connectivity index (χ4n) is 3.55. The first-order valence-corrected chi connectivity index (χ1v) is 9.26. The molecule has 1 aromatic heterocycles. The Labute approximate surface area is 159 Å². The van der Waals surface area contributed by atoms with Crippen LogP contribution in [0.3, 0.4) is 0 Å². The van der Waals surface area contributed by atoms with Crippen molar-refractivity contribution in [3.63, 3.8) is 0 Å². The summed E-state index contributed by atoms with van der Waals surface area (Å²) < 4.78 is 0.862. The molecule has 128 valence electrons. The molecule has 0 radical (unpaired) electrons. The van der Waals surface area contributed by atoms with E-state index in [4.69, 9.17) is 0 Å². The topological polar surface area (TPSA) is 66.4 Å². The summed E-state index contributed by atoms with van der Waals surface area (Å²) in [5.41, 5.74) is 1.85. The van der Waals surface area contributed by atoms with Crippen LogP contribution >= 0.6 is 22.6 Å². The van der Waals surface area contributed by atoms with Crippen LogP contribution in [0.25, 0.3) is 0 Å². The highest BCUT2D eigenvalue weighted by atomic mass is 127. The summed E-state index contributed by atoms with van der Waals surface area (Å²) in [4.78, 5) is 37.8. The van der Waals surface area contributed by atoms with Gasteiger partial charge in [-0.3, -0.25) is 14.5 Å². The van der Waals surface area contributed by atoms with Gasteiger partial charge in [0.05, 0.1) is 18.4 Å². The van der Waals surface area contributed by atoms with Gasteiger partial charge in [0.25, 0.3) is 0 Å². The van der Waals surface area contributed by atoms with Crippen molar-refractivity contribution in [3.05, 3.63) is 51.4 Å². The molecule has 2 aromatic rings. The summed E-state index contributed by atoms with van der Waals surface area (Å²) in [7, 11) is 0. The molecule has 3 heterocycles. The Morgan fingerprint density at radius 2 is 1.72 bits per heavy atom. The van der Waals surface area contributed by atoms with Crippen molar-refractivity contribution in [3.8, 4) is 0 Å². The summed E-state index contributed by atoms with van der Waals surface area (Å²) in [6.45, 7) is 3.27. The van der Waals surface area contributed by atoms with E-state index < -0.39 is 0 Å². The second-order valence-electron chi connectivity index (χ2n) is 6.50. The van der Waals surface area contributed by atoms with Crippen LogP contribution < -0.4 is 4.90 Å². The van der Waals surface area contributed by atoms with Gasteiger partial charge in [-0.2, -0.15) is 0 Å². The van der Waals surface area contributed by atoms with E-state index in [2.05, 4.69) is 32.6 Å². The lowest BCUT2D eigenvalue weighted by Crippen LogP contribution is -2.36. The molecule has 2 atom stereocenters. The third-order valence-corrected chi connectivity index (χ3v) is 5.32. The lowest BCUT2D eigenvalue weighted by Gasteiger charge is -2.21. The van der Waals surface area contributed by atoms with Crippen molar-refractivity contribution < 1.29 is 9.59 Å². The Bertz CT molecular complexity index is 798. The van der Waals surface area contributed by atoms with E-state index in [1.165, 1.54) is 4.90 Å². The Morgan fingerprint density at radius 1 is 1.08 bits per heavy atom. The van der Waals surface area contributed by atoms with Gasteiger partial charge in [-0.25, -0.2) is 9.97 Å². The number of carbonyl (C=O) groups is 2. The van der Waals surface area contributed by atoms with E-state index in [-0.39, 0.29) is 23.7 Å². The number of halogens is 1. The molecule has 0 spiro atoms. The van der Waals surface area contributed by atoms with E-state index in [1.54, 1.807) is 0 Å². The first-order chi connectivity index (χ1) is 12.0. The number of anilines is 1. The fraction of sp³-hybridized carbons (Fsp3) is 0.333. The Hall–Kier alpha value is -2.03. The van der Waals surface area contributed by atoms with Crippen molar-refractivity contribution in [2.45, 2.75) is 13.5 Å². The highest BCUT2D eigenvalue weighted by Gasteiger charge is 2.52. The van der Waals surface area contributed by atoms with Crippen molar-refractivity contribution in [1.82, 2.24) is 14.9 Å². The predicted octanol–water partition coefficient (Wildman–Crippen LogP) is 2.01. The summed E-state index contributed by atoms with van der Waals surface area (Å²) >= 11 is 2.16. The summed E-state index contributed by atoms with van der Waals surface area (Å²) in [6, 6.07) is 11.5. The van der Waals surface area contributed by atoms with Crippen LogP contribution in [0.4, 0.5) is 5.95 Å². The summed E-state index contributed by atoms with van der Waals surface area (Å²) in [5.74, 6) is -0.141. The normalized spacial score (nSPS) is 22.6. The molecule has 0 bridgehead atoms. The molecule has 0 N–H and O–H groups in total. The quantitative estimate of drug-likeness (QED) is 0.409. The number of imide groups is 1. The molecule has 2 aliphatic heterocycles. The molecule has 7 heteroatoms. The third kappa shape index (κ3) is 3.01. The Kier molecular flexibility index (Phi) is 4.18. The number of hydrogen-bond acceptors (Lipinski definition) is 5.